The van der Waals surface area contributed by atoms with Gasteiger partial charge in [0.1, 0.15) is 5.82 Å². The maximum absolute atomic E-state index is 12.9. The highest BCUT2D eigenvalue weighted by Gasteiger charge is 2.30. The molecule has 0 atom stereocenters. The van der Waals surface area contributed by atoms with E-state index in [0.29, 0.717) is 5.69 Å². The Kier molecular flexibility index (Phi) is 5.24. The average Bonchev–Trinajstić information content (AvgIpc) is 2.74. The van der Waals surface area contributed by atoms with Gasteiger partial charge in [-0.15, -0.1) is 0 Å². The molecule has 150 valence electrons. The number of nitrogens with zero attached hydrogens (tertiary/aromatic N) is 4. The molecule has 0 bridgehead atoms. The molecule has 0 saturated carbocycles. The molecule has 1 aliphatic rings. The largest absolute Gasteiger partial charge is 0.416 e. The second-order valence-corrected chi connectivity index (χ2v) is 6.75. The second kappa shape index (κ2) is 7.98. The Balaban J connectivity index is 1.43. The summed E-state index contributed by atoms with van der Waals surface area (Å²) in [4.78, 5) is 13.1. The van der Waals surface area contributed by atoms with Crippen LogP contribution in [0.15, 0.2) is 66.9 Å². The molecule has 0 aliphatic carbocycles. The third-order valence-electron chi connectivity index (χ3n) is 4.81. The number of para-hydroxylation sites is 1. The molecule has 3 aromatic rings. The molecule has 2 aromatic carbocycles. The summed E-state index contributed by atoms with van der Waals surface area (Å²) in [6.45, 7) is 3.33. The standard InChI is InChI=1S/C21H20F3N5/c22-21(23,24)16-5-4-6-17(15-16)26-20-25-10-9-19(27-20)29-13-11-28(12-14-29)18-7-2-1-3-8-18/h1-10,15H,11-14H2,(H,25,26,27). The molecule has 1 aliphatic heterocycles. The van der Waals surface area contributed by atoms with E-state index in [4.69, 9.17) is 0 Å². The third-order valence-corrected chi connectivity index (χ3v) is 4.81. The van der Waals surface area contributed by atoms with Crippen LogP contribution in [0.4, 0.5) is 36.3 Å². The predicted molar refractivity (Wildman–Crippen MR) is 108 cm³/mol. The van der Waals surface area contributed by atoms with Gasteiger partial charge in [0.05, 0.1) is 5.56 Å². The fourth-order valence-corrected chi connectivity index (χ4v) is 3.32. The van der Waals surface area contributed by atoms with E-state index in [2.05, 4.69) is 37.2 Å². The predicted octanol–water partition coefficient (Wildman–Crippen LogP) is 4.57. The van der Waals surface area contributed by atoms with Crippen molar-refractivity contribution in [2.45, 2.75) is 6.18 Å². The van der Waals surface area contributed by atoms with Crippen molar-refractivity contribution in [3.8, 4) is 0 Å². The Morgan fingerprint density at radius 1 is 0.828 bits per heavy atom. The van der Waals surface area contributed by atoms with Gasteiger partial charge in [0.2, 0.25) is 5.95 Å². The lowest BCUT2D eigenvalue weighted by Gasteiger charge is -2.36. The first-order valence-electron chi connectivity index (χ1n) is 9.31. The van der Waals surface area contributed by atoms with Gasteiger partial charge in [0, 0.05) is 43.8 Å². The lowest BCUT2D eigenvalue weighted by Crippen LogP contribution is -2.46. The first-order valence-corrected chi connectivity index (χ1v) is 9.31. The zero-order valence-electron chi connectivity index (χ0n) is 15.6. The van der Waals surface area contributed by atoms with E-state index in [1.165, 1.54) is 11.8 Å². The van der Waals surface area contributed by atoms with E-state index in [9.17, 15) is 13.2 Å². The first-order chi connectivity index (χ1) is 14.0. The van der Waals surface area contributed by atoms with Crippen LogP contribution in [-0.4, -0.2) is 36.1 Å². The molecule has 4 rings (SSSR count). The average molecular weight is 399 g/mol. The summed E-state index contributed by atoms with van der Waals surface area (Å²) >= 11 is 0. The van der Waals surface area contributed by atoms with E-state index < -0.39 is 11.7 Å². The molecule has 8 heteroatoms. The minimum Gasteiger partial charge on any atom is -0.368 e. The fourth-order valence-electron chi connectivity index (χ4n) is 3.32. The Labute approximate surface area is 166 Å². The number of piperazine rings is 1. The molecule has 1 fully saturated rings. The quantitative estimate of drug-likeness (QED) is 0.697. The van der Waals surface area contributed by atoms with E-state index in [1.807, 2.05) is 24.3 Å². The third kappa shape index (κ3) is 4.59. The summed E-state index contributed by atoms with van der Waals surface area (Å²) in [6, 6.07) is 17.1. The van der Waals surface area contributed by atoms with Gasteiger partial charge in [0.25, 0.3) is 0 Å². The van der Waals surface area contributed by atoms with Gasteiger partial charge in [-0.1, -0.05) is 24.3 Å². The van der Waals surface area contributed by atoms with E-state index in [1.54, 1.807) is 12.3 Å². The number of anilines is 4. The molecule has 0 radical (unpaired) electrons. The van der Waals surface area contributed by atoms with Crippen LogP contribution in [0.25, 0.3) is 0 Å². The van der Waals surface area contributed by atoms with Gasteiger partial charge in [-0.25, -0.2) is 4.98 Å². The van der Waals surface area contributed by atoms with Crippen molar-refractivity contribution in [3.05, 3.63) is 72.4 Å². The summed E-state index contributed by atoms with van der Waals surface area (Å²) in [5, 5.41) is 2.87. The van der Waals surface area contributed by atoms with Crippen LogP contribution >= 0.6 is 0 Å². The van der Waals surface area contributed by atoms with E-state index in [-0.39, 0.29) is 5.95 Å². The van der Waals surface area contributed by atoms with E-state index >= 15 is 0 Å². The highest BCUT2D eigenvalue weighted by Crippen LogP contribution is 2.31. The first kappa shape index (κ1) is 19.0. The van der Waals surface area contributed by atoms with Crippen molar-refractivity contribution >= 4 is 23.1 Å². The van der Waals surface area contributed by atoms with Crippen LogP contribution < -0.4 is 15.1 Å². The number of benzene rings is 2. The van der Waals surface area contributed by atoms with Gasteiger partial charge < -0.3 is 15.1 Å². The number of hydrogen-bond acceptors (Lipinski definition) is 5. The normalized spacial score (nSPS) is 14.7. The monoisotopic (exact) mass is 399 g/mol. The minimum absolute atomic E-state index is 0.271. The zero-order chi connectivity index (χ0) is 20.3. The summed E-state index contributed by atoms with van der Waals surface area (Å²) in [7, 11) is 0. The van der Waals surface area contributed by atoms with Crippen molar-refractivity contribution in [2.24, 2.45) is 0 Å². The molecular formula is C21H20F3N5. The van der Waals surface area contributed by atoms with Gasteiger partial charge in [-0.05, 0) is 36.4 Å². The highest BCUT2D eigenvalue weighted by molar-refractivity contribution is 5.57. The maximum Gasteiger partial charge on any atom is 0.416 e. The van der Waals surface area contributed by atoms with Crippen molar-refractivity contribution in [1.29, 1.82) is 0 Å². The summed E-state index contributed by atoms with van der Waals surface area (Å²) in [6.07, 6.45) is -2.78. The van der Waals surface area contributed by atoms with Crippen molar-refractivity contribution < 1.29 is 13.2 Å². The number of halogens is 3. The summed E-state index contributed by atoms with van der Waals surface area (Å²) in [5.41, 5.74) is 0.781. The summed E-state index contributed by atoms with van der Waals surface area (Å²) in [5.74, 6) is 1.02. The molecule has 0 amide bonds. The van der Waals surface area contributed by atoms with Gasteiger partial charge in [0.15, 0.2) is 0 Å². The number of nitrogens with one attached hydrogen (secondary N) is 1. The zero-order valence-corrected chi connectivity index (χ0v) is 15.6. The molecule has 1 saturated heterocycles. The topological polar surface area (TPSA) is 44.3 Å². The molecular weight excluding hydrogens is 379 g/mol. The van der Waals surface area contributed by atoms with Gasteiger partial charge >= 0.3 is 6.18 Å². The SMILES string of the molecule is FC(F)(F)c1cccc(Nc2nccc(N3CCN(c4ccccc4)CC3)n2)c1. The van der Waals surface area contributed by atoms with Gasteiger partial charge in [-0.3, -0.25) is 0 Å². The molecule has 2 heterocycles. The Bertz CT molecular complexity index is 954. The van der Waals surface area contributed by atoms with Crippen molar-refractivity contribution in [2.75, 3.05) is 41.3 Å². The fraction of sp³-hybridized carbons (Fsp3) is 0.238. The van der Waals surface area contributed by atoms with Crippen LogP contribution in [-0.2, 0) is 6.18 Å². The molecule has 0 unspecified atom stereocenters. The molecule has 5 nitrogen and oxygen atoms in total. The molecule has 29 heavy (non-hydrogen) atoms. The number of aromatic nitrogens is 2. The Morgan fingerprint density at radius 3 is 2.28 bits per heavy atom. The van der Waals surface area contributed by atoms with E-state index in [0.717, 1.165) is 44.1 Å². The highest BCUT2D eigenvalue weighted by atomic mass is 19.4. The van der Waals surface area contributed by atoms with Crippen LogP contribution in [0.5, 0.6) is 0 Å². The molecule has 1 N–H and O–H groups in total. The van der Waals surface area contributed by atoms with Crippen LogP contribution in [0, 0.1) is 0 Å². The molecule has 0 spiro atoms. The maximum atomic E-state index is 12.9. The second-order valence-electron chi connectivity index (χ2n) is 6.75. The van der Waals surface area contributed by atoms with Crippen molar-refractivity contribution in [1.82, 2.24) is 9.97 Å². The van der Waals surface area contributed by atoms with Crippen LogP contribution in [0.1, 0.15) is 5.56 Å². The van der Waals surface area contributed by atoms with Crippen LogP contribution in [0.2, 0.25) is 0 Å². The lowest BCUT2D eigenvalue weighted by atomic mass is 10.2. The number of alkyl halides is 3. The Hall–Kier alpha value is -3.29. The van der Waals surface area contributed by atoms with Crippen LogP contribution in [0.3, 0.4) is 0 Å². The minimum atomic E-state index is -4.39. The lowest BCUT2D eigenvalue weighted by molar-refractivity contribution is -0.137. The number of rotatable bonds is 4. The van der Waals surface area contributed by atoms with Gasteiger partial charge in [-0.2, -0.15) is 18.2 Å². The summed E-state index contributed by atoms with van der Waals surface area (Å²) < 4.78 is 38.7. The molecule has 1 aromatic heterocycles. The Morgan fingerprint density at radius 2 is 1.55 bits per heavy atom. The van der Waals surface area contributed by atoms with Crippen molar-refractivity contribution in [3.63, 3.8) is 0 Å². The number of hydrogen-bond donors (Lipinski definition) is 1. The smallest absolute Gasteiger partial charge is 0.368 e.